The molecular weight excluding hydrogens is 522 g/mol. The van der Waals surface area contributed by atoms with Crippen molar-refractivity contribution in [3.05, 3.63) is 38.4 Å². The average molecular weight is 562 g/mol. The summed E-state index contributed by atoms with van der Waals surface area (Å²) in [5.41, 5.74) is -1.07. The van der Waals surface area contributed by atoms with Crippen LogP contribution in [0.3, 0.4) is 0 Å². The Morgan fingerprint density at radius 2 is 1.21 bits per heavy atom. The van der Waals surface area contributed by atoms with Crippen LogP contribution in [-0.2, 0) is 38.0 Å². The molecule has 222 valence electrons. The maximum absolute atomic E-state index is 11.5. The molecule has 0 aromatic heterocycles. The summed E-state index contributed by atoms with van der Waals surface area (Å²) >= 11 is 0. The molecule has 1 aromatic carbocycles. The van der Waals surface area contributed by atoms with Crippen LogP contribution in [0.1, 0.15) is 20.8 Å². The van der Waals surface area contributed by atoms with Gasteiger partial charge >= 0.3 is 5.97 Å². The van der Waals surface area contributed by atoms with E-state index in [4.69, 9.17) is 33.2 Å². The summed E-state index contributed by atoms with van der Waals surface area (Å²) in [7, 11) is 0. The average Bonchev–Trinajstić information content (AvgIpc) is 2.86. The SMILES string of the molecule is CC(C)(C)OC(=O)COCCOCCOCCOCCOCCOCCNc1ccc([N+](=O)[O-])cc1[N+](=O)[O-]. The third-order valence-electron chi connectivity index (χ3n) is 4.45. The van der Waals surface area contributed by atoms with Crippen LogP contribution in [0.4, 0.5) is 17.1 Å². The summed E-state index contributed by atoms with van der Waals surface area (Å²) < 4.78 is 37.2. The molecule has 15 nitrogen and oxygen atoms in total. The van der Waals surface area contributed by atoms with Crippen LogP contribution < -0.4 is 5.32 Å². The van der Waals surface area contributed by atoms with E-state index >= 15 is 0 Å². The summed E-state index contributed by atoms with van der Waals surface area (Å²) in [5.74, 6) is -0.410. The molecule has 0 radical (unpaired) electrons. The second kappa shape index (κ2) is 20.0. The molecule has 0 atom stereocenters. The molecule has 0 heterocycles. The number of rotatable bonds is 23. The lowest BCUT2D eigenvalue weighted by Crippen LogP contribution is -2.27. The number of ether oxygens (including phenoxy) is 7. The van der Waals surface area contributed by atoms with Gasteiger partial charge in [-0.05, 0) is 26.8 Å². The summed E-state index contributed by atoms with van der Waals surface area (Å²) in [6.07, 6.45) is 0. The van der Waals surface area contributed by atoms with Crippen molar-refractivity contribution in [1.82, 2.24) is 0 Å². The first-order chi connectivity index (χ1) is 18.6. The van der Waals surface area contributed by atoms with Crippen LogP contribution in [0.15, 0.2) is 18.2 Å². The Kier molecular flexibility index (Phi) is 17.5. The number of nitro groups is 2. The zero-order valence-electron chi connectivity index (χ0n) is 22.7. The molecule has 1 N–H and O–H groups in total. The van der Waals surface area contributed by atoms with Crippen molar-refractivity contribution >= 4 is 23.0 Å². The highest BCUT2D eigenvalue weighted by molar-refractivity contribution is 5.71. The third kappa shape index (κ3) is 18.1. The van der Waals surface area contributed by atoms with Crippen LogP contribution in [0.25, 0.3) is 0 Å². The number of anilines is 1. The number of carbonyl (C=O) groups excluding carboxylic acids is 1. The standard InChI is InChI=1S/C24H39N3O12/c1-24(2,3)39-23(28)19-38-17-16-37-15-14-36-13-12-35-11-10-34-9-8-33-7-6-25-21-5-4-20(26(29)30)18-22(21)27(31)32/h4-5,18,25H,6-17,19H2,1-3H3. The van der Waals surface area contributed by atoms with Gasteiger partial charge in [0.2, 0.25) is 0 Å². The molecule has 0 fully saturated rings. The summed E-state index contributed by atoms with van der Waals surface area (Å²) in [5, 5.41) is 24.7. The molecule has 0 bridgehead atoms. The maximum Gasteiger partial charge on any atom is 0.332 e. The van der Waals surface area contributed by atoms with Gasteiger partial charge in [0.25, 0.3) is 11.4 Å². The molecule has 0 amide bonds. The normalized spacial score (nSPS) is 11.4. The van der Waals surface area contributed by atoms with Crippen LogP contribution in [-0.4, -0.2) is 107 Å². The molecule has 0 spiro atoms. The molecule has 0 aliphatic heterocycles. The minimum absolute atomic E-state index is 0.108. The monoisotopic (exact) mass is 561 g/mol. The van der Waals surface area contributed by atoms with Gasteiger partial charge in [0.1, 0.15) is 17.9 Å². The number of nitrogens with zero attached hydrogens (tertiary/aromatic N) is 2. The van der Waals surface area contributed by atoms with Gasteiger partial charge in [0.15, 0.2) is 0 Å². The minimum Gasteiger partial charge on any atom is -0.458 e. The van der Waals surface area contributed by atoms with Crippen molar-refractivity contribution < 1.29 is 47.8 Å². The highest BCUT2D eigenvalue weighted by atomic mass is 16.6. The minimum atomic E-state index is -0.686. The summed E-state index contributed by atoms with van der Waals surface area (Å²) in [6, 6.07) is 3.41. The molecule has 0 saturated heterocycles. The molecule has 0 saturated carbocycles. The highest BCUT2D eigenvalue weighted by Crippen LogP contribution is 2.28. The molecule has 0 aliphatic carbocycles. The number of benzene rings is 1. The molecule has 15 heteroatoms. The lowest BCUT2D eigenvalue weighted by Gasteiger charge is -2.19. The zero-order valence-corrected chi connectivity index (χ0v) is 22.7. The van der Waals surface area contributed by atoms with E-state index in [2.05, 4.69) is 5.32 Å². The fourth-order valence-electron chi connectivity index (χ4n) is 2.82. The lowest BCUT2D eigenvalue weighted by molar-refractivity contribution is -0.393. The molecule has 0 aliphatic rings. The van der Waals surface area contributed by atoms with E-state index in [0.29, 0.717) is 59.5 Å². The lowest BCUT2D eigenvalue weighted by atomic mass is 10.2. The largest absolute Gasteiger partial charge is 0.458 e. The smallest absolute Gasteiger partial charge is 0.332 e. The number of hydrogen-bond donors (Lipinski definition) is 1. The van der Waals surface area contributed by atoms with Gasteiger partial charge in [-0.3, -0.25) is 20.2 Å². The molecule has 1 rings (SSSR count). The topological polar surface area (TPSA) is 180 Å². The first-order valence-electron chi connectivity index (χ1n) is 12.4. The molecule has 39 heavy (non-hydrogen) atoms. The van der Waals surface area contributed by atoms with E-state index in [-0.39, 0.29) is 43.4 Å². The predicted molar refractivity (Wildman–Crippen MR) is 139 cm³/mol. The zero-order chi connectivity index (χ0) is 28.9. The van der Waals surface area contributed by atoms with Gasteiger partial charge in [-0.25, -0.2) is 4.79 Å². The Labute approximate surface area is 227 Å². The quantitative estimate of drug-likeness (QED) is 0.0891. The van der Waals surface area contributed by atoms with E-state index in [1.807, 2.05) is 0 Å². The van der Waals surface area contributed by atoms with Crippen molar-refractivity contribution in [2.24, 2.45) is 0 Å². The van der Waals surface area contributed by atoms with E-state index < -0.39 is 21.4 Å². The first kappa shape index (κ1) is 34.1. The van der Waals surface area contributed by atoms with Crippen molar-refractivity contribution in [1.29, 1.82) is 0 Å². The van der Waals surface area contributed by atoms with E-state index in [0.717, 1.165) is 6.07 Å². The number of hydrogen-bond acceptors (Lipinski definition) is 13. The number of nitrogens with one attached hydrogen (secondary N) is 1. The Balaban J connectivity index is 1.87. The Morgan fingerprint density at radius 3 is 1.64 bits per heavy atom. The Bertz CT molecular complexity index is 863. The van der Waals surface area contributed by atoms with Gasteiger partial charge in [0, 0.05) is 12.6 Å². The fourth-order valence-corrected chi connectivity index (χ4v) is 2.82. The van der Waals surface area contributed by atoms with E-state index in [1.54, 1.807) is 20.8 Å². The third-order valence-corrected chi connectivity index (χ3v) is 4.45. The highest BCUT2D eigenvalue weighted by Gasteiger charge is 2.19. The van der Waals surface area contributed by atoms with Gasteiger partial charge < -0.3 is 38.5 Å². The van der Waals surface area contributed by atoms with Crippen molar-refractivity contribution in [2.75, 3.05) is 91.1 Å². The molecule has 0 unspecified atom stereocenters. The summed E-state index contributed by atoms with van der Waals surface area (Å²) in [6.45, 7) is 9.60. The molecular formula is C24H39N3O12. The van der Waals surface area contributed by atoms with Gasteiger partial charge in [0.05, 0.1) is 88.6 Å². The van der Waals surface area contributed by atoms with Crippen LogP contribution in [0.2, 0.25) is 0 Å². The number of nitro benzene ring substituents is 2. The first-order valence-corrected chi connectivity index (χ1v) is 12.4. The Morgan fingerprint density at radius 1 is 0.744 bits per heavy atom. The number of non-ortho nitro benzene ring substituents is 1. The van der Waals surface area contributed by atoms with Crippen LogP contribution in [0, 0.1) is 20.2 Å². The number of carbonyl (C=O) groups is 1. The maximum atomic E-state index is 11.5. The Hall–Kier alpha value is -2.95. The second-order valence-corrected chi connectivity index (χ2v) is 8.84. The van der Waals surface area contributed by atoms with Crippen molar-refractivity contribution in [3.8, 4) is 0 Å². The van der Waals surface area contributed by atoms with Gasteiger partial charge in [-0.2, -0.15) is 0 Å². The second-order valence-electron chi connectivity index (χ2n) is 8.84. The molecule has 1 aromatic rings. The summed E-state index contributed by atoms with van der Waals surface area (Å²) in [4.78, 5) is 32.0. The number of esters is 1. The van der Waals surface area contributed by atoms with Crippen molar-refractivity contribution in [2.45, 2.75) is 26.4 Å². The van der Waals surface area contributed by atoms with Gasteiger partial charge in [-0.15, -0.1) is 0 Å². The van der Waals surface area contributed by atoms with E-state index in [9.17, 15) is 25.0 Å². The van der Waals surface area contributed by atoms with E-state index in [1.165, 1.54) is 12.1 Å². The fraction of sp³-hybridized carbons (Fsp3) is 0.708. The van der Waals surface area contributed by atoms with Gasteiger partial charge in [-0.1, -0.05) is 0 Å². The van der Waals surface area contributed by atoms with Crippen LogP contribution >= 0.6 is 0 Å². The van der Waals surface area contributed by atoms with Crippen LogP contribution in [0.5, 0.6) is 0 Å². The predicted octanol–water partition coefficient (Wildman–Crippen LogP) is 2.36. The van der Waals surface area contributed by atoms with Crippen molar-refractivity contribution in [3.63, 3.8) is 0 Å².